The molecule has 1 aliphatic heterocycles. The molecule has 5 rings (SSSR count). The van der Waals surface area contributed by atoms with Crippen molar-refractivity contribution in [1.29, 1.82) is 0 Å². The van der Waals surface area contributed by atoms with Crippen LogP contribution in [0.2, 0.25) is 0 Å². The maximum absolute atomic E-state index is 14.4. The summed E-state index contributed by atoms with van der Waals surface area (Å²) in [5.41, 5.74) is 2.19. The number of carbonyl (C=O) groups is 1. The van der Waals surface area contributed by atoms with Gasteiger partial charge >= 0.3 is 5.97 Å². The first kappa shape index (κ1) is 22.4. The Morgan fingerprint density at radius 3 is 2.74 bits per heavy atom. The van der Waals surface area contributed by atoms with Gasteiger partial charge in [0.2, 0.25) is 5.95 Å². The van der Waals surface area contributed by atoms with Crippen molar-refractivity contribution in [3.8, 4) is 11.5 Å². The Balaban J connectivity index is 1.30. The number of fused-ring (bicyclic) bond motifs is 2. The first-order chi connectivity index (χ1) is 17.1. The lowest BCUT2D eigenvalue weighted by atomic mass is 10.2. The second-order valence-corrected chi connectivity index (χ2v) is 7.69. The van der Waals surface area contributed by atoms with Crippen LogP contribution in [0.5, 0.6) is 11.5 Å². The van der Waals surface area contributed by atoms with Crippen molar-refractivity contribution in [2.75, 3.05) is 30.5 Å². The number of esters is 1. The van der Waals surface area contributed by atoms with Crippen LogP contribution in [-0.4, -0.2) is 45.5 Å². The fraction of sp³-hybridized carbons (Fsp3) is 0.250. The zero-order valence-corrected chi connectivity index (χ0v) is 19.0. The summed E-state index contributed by atoms with van der Waals surface area (Å²) in [6, 6.07) is 10.9. The van der Waals surface area contributed by atoms with Gasteiger partial charge in [0.25, 0.3) is 0 Å². The molecule has 0 amide bonds. The largest absolute Gasteiger partial charge is 0.486 e. The molecule has 0 unspecified atom stereocenters. The van der Waals surface area contributed by atoms with Gasteiger partial charge in [0.05, 0.1) is 37.5 Å². The van der Waals surface area contributed by atoms with Crippen molar-refractivity contribution < 1.29 is 23.4 Å². The Labute approximate surface area is 200 Å². The van der Waals surface area contributed by atoms with Gasteiger partial charge < -0.3 is 24.8 Å². The number of benzene rings is 2. The number of rotatable bonds is 8. The lowest BCUT2D eigenvalue weighted by molar-refractivity contribution is -0.143. The Morgan fingerprint density at radius 2 is 1.89 bits per heavy atom. The molecule has 4 aromatic rings. The Bertz CT molecular complexity index is 1380. The SMILES string of the molecule is CCOC(=O)CCn1ncc2cc(Nc3ncc(F)c(Nc4ccc5c(c4)OCCO5)n3)ccc21. The number of anilines is 4. The monoisotopic (exact) mass is 478 g/mol. The van der Waals surface area contributed by atoms with Crippen molar-refractivity contribution >= 4 is 40.0 Å². The molecule has 1 aliphatic rings. The predicted octanol–water partition coefficient (Wildman–Crippen LogP) is 4.18. The van der Waals surface area contributed by atoms with E-state index < -0.39 is 5.82 Å². The molecule has 11 heteroatoms. The van der Waals surface area contributed by atoms with Crippen LogP contribution in [0.3, 0.4) is 0 Å². The van der Waals surface area contributed by atoms with Gasteiger partial charge in [0, 0.05) is 22.8 Å². The van der Waals surface area contributed by atoms with Crippen LogP contribution in [0, 0.1) is 5.82 Å². The van der Waals surface area contributed by atoms with E-state index in [4.69, 9.17) is 14.2 Å². The Morgan fingerprint density at radius 1 is 1.09 bits per heavy atom. The second kappa shape index (κ2) is 9.84. The molecule has 0 saturated carbocycles. The highest BCUT2D eigenvalue weighted by atomic mass is 19.1. The zero-order valence-electron chi connectivity index (χ0n) is 19.0. The van der Waals surface area contributed by atoms with E-state index in [1.54, 1.807) is 36.0 Å². The summed E-state index contributed by atoms with van der Waals surface area (Å²) in [4.78, 5) is 19.9. The maximum Gasteiger partial charge on any atom is 0.307 e. The van der Waals surface area contributed by atoms with Crippen molar-refractivity contribution in [1.82, 2.24) is 19.7 Å². The highest BCUT2D eigenvalue weighted by Crippen LogP contribution is 2.34. The summed E-state index contributed by atoms with van der Waals surface area (Å²) in [6.45, 7) is 3.51. The fourth-order valence-corrected chi connectivity index (χ4v) is 3.68. The van der Waals surface area contributed by atoms with Gasteiger partial charge in [-0.3, -0.25) is 9.48 Å². The van der Waals surface area contributed by atoms with Gasteiger partial charge in [-0.2, -0.15) is 10.1 Å². The summed E-state index contributed by atoms with van der Waals surface area (Å²) in [5.74, 6) is 0.622. The van der Waals surface area contributed by atoms with Gasteiger partial charge in [-0.15, -0.1) is 0 Å². The van der Waals surface area contributed by atoms with Crippen LogP contribution in [0.25, 0.3) is 10.9 Å². The number of ether oxygens (including phenoxy) is 3. The third-order valence-electron chi connectivity index (χ3n) is 5.28. The summed E-state index contributed by atoms with van der Waals surface area (Å²) in [5, 5.41) is 11.3. The first-order valence-electron chi connectivity index (χ1n) is 11.2. The molecule has 0 atom stereocenters. The van der Waals surface area contributed by atoms with E-state index in [0.717, 1.165) is 17.1 Å². The number of nitrogens with zero attached hydrogens (tertiary/aromatic N) is 4. The van der Waals surface area contributed by atoms with Crippen molar-refractivity contribution in [2.24, 2.45) is 0 Å². The minimum atomic E-state index is -0.594. The van der Waals surface area contributed by atoms with Gasteiger partial charge in [-0.05, 0) is 37.3 Å². The Hall–Kier alpha value is -4.41. The van der Waals surface area contributed by atoms with Crippen molar-refractivity contribution in [3.05, 3.63) is 54.6 Å². The third-order valence-corrected chi connectivity index (χ3v) is 5.28. The van der Waals surface area contributed by atoms with Gasteiger partial charge in [-0.25, -0.2) is 9.37 Å². The minimum Gasteiger partial charge on any atom is -0.486 e. The van der Waals surface area contributed by atoms with Crippen LogP contribution in [0.4, 0.5) is 27.5 Å². The molecule has 2 N–H and O–H groups in total. The zero-order chi connectivity index (χ0) is 24.2. The Kier molecular flexibility index (Phi) is 6.29. The van der Waals surface area contributed by atoms with Gasteiger partial charge in [0.15, 0.2) is 23.1 Å². The van der Waals surface area contributed by atoms with Crippen LogP contribution in [-0.2, 0) is 16.1 Å². The lowest BCUT2D eigenvalue weighted by Gasteiger charge is -2.19. The number of halogens is 1. The quantitative estimate of drug-likeness (QED) is 0.360. The van der Waals surface area contributed by atoms with E-state index in [2.05, 4.69) is 25.7 Å². The number of aromatic nitrogens is 4. The average Bonchev–Trinajstić information content (AvgIpc) is 3.27. The summed E-state index contributed by atoms with van der Waals surface area (Å²) >= 11 is 0. The van der Waals surface area contributed by atoms with Crippen LogP contribution in [0.1, 0.15) is 13.3 Å². The molecule has 3 heterocycles. The first-order valence-corrected chi connectivity index (χ1v) is 11.2. The number of carbonyl (C=O) groups excluding carboxylic acids is 1. The van der Waals surface area contributed by atoms with E-state index in [-0.39, 0.29) is 24.2 Å². The van der Waals surface area contributed by atoms with Crippen molar-refractivity contribution in [2.45, 2.75) is 19.9 Å². The van der Waals surface area contributed by atoms with Gasteiger partial charge in [-0.1, -0.05) is 0 Å². The number of hydrogen-bond donors (Lipinski definition) is 2. The molecule has 0 spiro atoms. The third kappa shape index (κ3) is 5.08. The minimum absolute atomic E-state index is 0.0204. The molecule has 2 aromatic heterocycles. The standard InChI is InChI=1S/C24H23FN6O4/c1-2-33-22(32)7-8-31-19-5-3-16(11-15(19)13-27-31)29-24-26-14-18(25)23(30-24)28-17-4-6-20-21(12-17)35-10-9-34-20/h3-6,11-14H,2,7-10H2,1H3,(H2,26,28,29,30). The van der Waals surface area contributed by atoms with E-state index in [1.807, 2.05) is 18.2 Å². The summed E-state index contributed by atoms with van der Waals surface area (Å²) < 4.78 is 32.2. The number of nitrogens with one attached hydrogen (secondary N) is 2. The van der Waals surface area contributed by atoms with Crippen molar-refractivity contribution in [3.63, 3.8) is 0 Å². The van der Waals surface area contributed by atoms with E-state index in [1.165, 1.54) is 0 Å². The number of aryl methyl sites for hydroxylation is 1. The molecule has 0 saturated heterocycles. The van der Waals surface area contributed by atoms with E-state index in [0.29, 0.717) is 49.2 Å². The topological polar surface area (TPSA) is 112 Å². The predicted molar refractivity (Wildman–Crippen MR) is 127 cm³/mol. The molecule has 0 radical (unpaired) electrons. The van der Waals surface area contributed by atoms with Gasteiger partial charge in [0.1, 0.15) is 13.2 Å². The highest BCUT2D eigenvalue weighted by molar-refractivity contribution is 5.83. The molecule has 0 aliphatic carbocycles. The molecule has 0 fully saturated rings. The summed E-state index contributed by atoms with van der Waals surface area (Å²) in [6.07, 6.45) is 3.06. The molecule has 2 aromatic carbocycles. The van der Waals surface area contributed by atoms with Crippen LogP contribution in [0.15, 0.2) is 48.8 Å². The molecule has 10 nitrogen and oxygen atoms in total. The smallest absolute Gasteiger partial charge is 0.307 e. The normalized spacial score (nSPS) is 12.4. The molecular formula is C24H23FN6O4. The van der Waals surface area contributed by atoms with E-state index >= 15 is 0 Å². The van der Waals surface area contributed by atoms with E-state index in [9.17, 15) is 9.18 Å². The summed E-state index contributed by atoms with van der Waals surface area (Å²) in [7, 11) is 0. The average molecular weight is 478 g/mol. The maximum atomic E-state index is 14.4. The fourth-order valence-electron chi connectivity index (χ4n) is 3.68. The molecule has 35 heavy (non-hydrogen) atoms. The number of hydrogen-bond acceptors (Lipinski definition) is 9. The second-order valence-electron chi connectivity index (χ2n) is 7.69. The van der Waals surface area contributed by atoms with Crippen LogP contribution >= 0.6 is 0 Å². The molecular weight excluding hydrogens is 455 g/mol. The molecule has 180 valence electrons. The van der Waals surface area contributed by atoms with Crippen LogP contribution < -0.4 is 20.1 Å². The lowest BCUT2D eigenvalue weighted by Crippen LogP contribution is -2.15. The highest BCUT2D eigenvalue weighted by Gasteiger charge is 2.14. The molecule has 0 bridgehead atoms.